The minimum absolute atomic E-state index is 0.227. The summed E-state index contributed by atoms with van der Waals surface area (Å²) in [5, 5.41) is 2.99. The summed E-state index contributed by atoms with van der Waals surface area (Å²) in [7, 11) is 1.60. The number of pyridine rings is 1. The topological polar surface area (TPSA) is 60.3 Å². The van der Waals surface area contributed by atoms with Crippen molar-refractivity contribution in [2.45, 2.75) is 33.2 Å². The van der Waals surface area contributed by atoms with Gasteiger partial charge in [0.25, 0.3) is 11.5 Å². The molecule has 1 fully saturated rings. The first-order valence-corrected chi connectivity index (χ1v) is 8.67. The molecular weight excluding hydrogens is 304 g/mol. The van der Waals surface area contributed by atoms with Crippen molar-refractivity contribution in [2.75, 3.05) is 20.3 Å². The van der Waals surface area contributed by atoms with Gasteiger partial charge in [-0.15, -0.1) is 0 Å². The molecule has 3 unspecified atom stereocenters. The van der Waals surface area contributed by atoms with Crippen LogP contribution in [0.25, 0.3) is 0 Å². The molecule has 3 rings (SSSR count). The van der Waals surface area contributed by atoms with E-state index in [1.165, 1.54) is 6.42 Å². The molecule has 1 saturated carbocycles. The van der Waals surface area contributed by atoms with Crippen LogP contribution in [-0.2, 0) is 11.3 Å². The monoisotopic (exact) mass is 330 g/mol. The Morgan fingerprint density at radius 2 is 2.12 bits per heavy atom. The molecular formula is C19H26N2O3. The van der Waals surface area contributed by atoms with Gasteiger partial charge in [-0.3, -0.25) is 9.59 Å². The van der Waals surface area contributed by atoms with Crippen LogP contribution in [0.15, 0.2) is 23.0 Å². The summed E-state index contributed by atoms with van der Waals surface area (Å²) in [5.74, 6) is 1.53. The Hall–Kier alpha value is -1.88. The largest absolute Gasteiger partial charge is 0.383 e. The smallest absolute Gasteiger partial charge is 0.263 e. The van der Waals surface area contributed by atoms with E-state index in [1.54, 1.807) is 11.7 Å². The van der Waals surface area contributed by atoms with Gasteiger partial charge in [-0.05, 0) is 56.1 Å². The van der Waals surface area contributed by atoms with E-state index in [1.807, 2.05) is 19.9 Å². The van der Waals surface area contributed by atoms with Crippen molar-refractivity contribution in [3.8, 4) is 0 Å². The summed E-state index contributed by atoms with van der Waals surface area (Å²) in [5.41, 5.74) is 1.62. The number of hydrogen-bond donors (Lipinski definition) is 1. The van der Waals surface area contributed by atoms with E-state index in [0.717, 1.165) is 17.7 Å². The molecule has 0 radical (unpaired) electrons. The number of ether oxygens (including phenoxy) is 1. The summed E-state index contributed by atoms with van der Waals surface area (Å²) in [6.45, 7) is 5.26. The molecule has 1 heterocycles. The van der Waals surface area contributed by atoms with Crippen LogP contribution in [0.4, 0.5) is 0 Å². The van der Waals surface area contributed by atoms with E-state index < -0.39 is 0 Å². The van der Waals surface area contributed by atoms with Crippen LogP contribution in [0, 0.1) is 31.6 Å². The van der Waals surface area contributed by atoms with E-state index in [-0.39, 0.29) is 17.0 Å². The van der Waals surface area contributed by atoms with Crippen molar-refractivity contribution < 1.29 is 9.53 Å². The first kappa shape index (κ1) is 17.0. The molecule has 0 spiro atoms. The van der Waals surface area contributed by atoms with Crippen LogP contribution in [0.5, 0.6) is 0 Å². The molecule has 0 aromatic carbocycles. The molecule has 1 aromatic heterocycles. The fourth-order valence-electron chi connectivity index (χ4n) is 4.11. The zero-order valence-electron chi connectivity index (χ0n) is 14.7. The Labute approximate surface area is 142 Å². The first-order chi connectivity index (χ1) is 11.5. The normalized spacial score (nSPS) is 24.5. The SMILES string of the molecule is COCCn1c(C)cc(C)c(C(=O)NCC2CC3C=CC2C3)c1=O. The number of nitrogens with zero attached hydrogens (tertiary/aromatic N) is 1. The zero-order chi connectivity index (χ0) is 17.3. The number of carbonyl (C=O) groups is 1. The minimum atomic E-state index is -0.254. The van der Waals surface area contributed by atoms with Gasteiger partial charge in [0.05, 0.1) is 6.61 Å². The number of aryl methyl sites for hydroxylation is 2. The molecule has 1 N–H and O–H groups in total. The number of fused-ring (bicyclic) bond motifs is 2. The fraction of sp³-hybridized carbons (Fsp3) is 0.579. The number of amides is 1. The lowest BCUT2D eigenvalue weighted by molar-refractivity contribution is 0.0941. The van der Waals surface area contributed by atoms with E-state index in [0.29, 0.717) is 37.5 Å². The summed E-state index contributed by atoms with van der Waals surface area (Å²) in [6.07, 6.45) is 6.93. The standard InChI is InChI=1S/C19H26N2O3/c1-12-8-13(2)21(6-7-24-3)19(23)17(12)18(22)20-11-16-10-14-4-5-15(16)9-14/h4-5,8,14-16H,6-7,9-11H2,1-3H3,(H,20,22). The van der Waals surface area contributed by atoms with Crippen molar-refractivity contribution in [2.24, 2.45) is 17.8 Å². The number of rotatable bonds is 6. The molecule has 5 heteroatoms. The van der Waals surface area contributed by atoms with Gasteiger partial charge in [-0.1, -0.05) is 12.2 Å². The third kappa shape index (κ3) is 3.18. The molecule has 2 aliphatic carbocycles. The highest BCUT2D eigenvalue weighted by atomic mass is 16.5. The quantitative estimate of drug-likeness (QED) is 0.812. The highest BCUT2D eigenvalue weighted by Gasteiger charge is 2.35. The van der Waals surface area contributed by atoms with Crippen molar-refractivity contribution in [1.29, 1.82) is 0 Å². The van der Waals surface area contributed by atoms with Gasteiger partial charge in [0.1, 0.15) is 5.56 Å². The van der Waals surface area contributed by atoms with Gasteiger partial charge in [0.2, 0.25) is 0 Å². The molecule has 0 aliphatic heterocycles. The Morgan fingerprint density at radius 3 is 2.75 bits per heavy atom. The van der Waals surface area contributed by atoms with Crippen LogP contribution in [0.2, 0.25) is 0 Å². The molecule has 1 aromatic rings. The lowest BCUT2D eigenvalue weighted by Gasteiger charge is -2.19. The molecule has 3 atom stereocenters. The van der Waals surface area contributed by atoms with Crippen molar-refractivity contribution in [1.82, 2.24) is 9.88 Å². The second-order valence-electron chi connectivity index (χ2n) is 7.04. The van der Waals surface area contributed by atoms with E-state index in [4.69, 9.17) is 4.74 Å². The molecule has 0 saturated heterocycles. The molecule has 24 heavy (non-hydrogen) atoms. The van der Waals surface area contributed by atoms with Gasteiger partial charge in [0, 0.05) is 25.9 Å². The van der Waals surface area contributed by atoms with Crippen LogP contribution in [-0.4, -0.2) is 30.7 Å². The van der Waals surface area contributed by atoms with E-state index in [2.05, 4.69) is 17.5 Å². The van der Waals surface area contributed by atoms with Gasteiger partial charge >= 0.3 is 0 Å². The highest BCUT2D eigenvalue weighted by Crippen LogP contribution is 2.42. The summed E-state index contributed by atoms with van der Waals surface area (Å²) in [4.78, 5) is 25.3. The number of hydrogen-bond acceptors (Lipinski definition) is 3. The zero-order valence-corrected chi connectivity index (χ0v) is 14.7. The maximum absolute atomic E-state index is 12.7. The second kappa shape index (κ2) is 6.93. The summed E-state index contributed by atoms with van der Waals surface area (Å²) >= 11 is 0. The number of carbonyl (C=O) groups excluding carboxylic acids is 1. The average molecular weight is 330 g/mol. The van der Waals surface area contributed by atoms with Crippen LogP contribution >= 0.6 is 0 Å². The van der Waals surface area contributed by atoms with Gasteiger partial charge in [0.15, 0.2) is 0 Å². The lowest BCUT2D eigenvalue weighted by Crippen LogP contribution is -2.38. The summed E-state index contributed by atoms with van der Waals surface area (Å²) < 4.78 is 6.68. The average Bonchev–Trinajstić information content (AvgIpc) is 3.15. The third-order valence-electron chi connectivity index (χ3n) is 5.39. The molecule has 2 aliphatic rings. The van der Waals surface area contributed by atoms with Crippen LogP contribution in [0.1, 0.15) is 34.5 Å². The van der Waals surface area contributed by atoms with Crippen LogP contribution < -0.4 is 10.9 Å². The Kier molecular flexibility index (Phi) is 4.90. The fourth-order valence-corrected chi connectivity index (χ4v) is 4.11. The predicted molar refractivity (Wildman–Crippen MR) is 93.2 cm³/mol. The molecule has 130 valence electrons. The Balaban J connectivity index is 1.74. The van der Waals surface area contributed by atoms with Gasteiger partial charge in [-0.2, -0.15) is 0 Å². The lowest BCUT2D eigenvalue weighted by atomic mass is 9.93. The molecule has 2 bridgehead atoms. The first-order valence-electron chi connectivity index (χ1n) is 8.67. The Bertz CT molecular complexity index is 720. The molecule has 5 nitrogen and oxygen atoms in total. The van der Waals surface area contributed by atoms with Crippen LogP contribution in [0.3, 0.4) is 0 Å². The predicted octanol–water partition coefficient (Wildman–Crippen LogP) is 2.05. The number of aromatic nitrogens is 1. The van der Waals surface area contributed by atoms with E-state index in [9.17, 15) is 9.59 Å². The second-order valence-corrected chi connectivity index (χ2v) is 7.04. The van der Waals surface area contributed by atoms with E-state index >= 15 is 0 Å². The van der Waals surface area contributed by atoms with Gasteiger partial charge < -0.3 is 14.6 Å². The third-order valence-corrected chi connectivity index (χ3v) is 5.39. The maximum Gasteiger partial charge on any atom is 0.263 e. The number of allylic oxidation sites excluding steroid dienone is 2. The molecule has 1 amide bonds. The van der Waals surface area contributed by atoms with Crippen molar-refractivity contribution in [3.05, 3.63) is 45.4 Å². The summed E-state index contributed by atoms with van der Waals surface area (Å²) in [6, 6.07) is 1.90. The Morgan fingerprint density at radius 1 is 1.33 bits per heavy atom. The minimum Gasteiger partial charge on any atom is -0.383 e. The maximum atomic E-state index is 12.7. The van der Waals surface area contributed by atoms with Gasteiger partial charge in [-0.25, -0.2) is 0 Å². The number of nitrogens with one attached hydrogen (secondary N) is 1. The highest BCUT2D eigenvalue weighted by molar-refractivity contribution is 5.95. The number of methoxy groups -OCH3 is 1. The van der Waals surface area contributed by atoms with Crippen molar-refractivity contribution >= 4 is 5.91 Å². The van der Waals surface area contributed by atoms with Crippen molar-refractivity contribution in [3.63, 3.8) is 0 Å².